The van der Waals surface area contributed by atoms with Crippen molar-refractivity contribution in [2.75, 3.05) is 7.11 Å². The maximum absolute atomic E-state index is 14.3. The van der Waals surface area contributed by atoms with Crippen LogP contribution in [0.15, 0.2) is 36.4 Å². The van der Waals surface area contributed by atoms with Gasteiger partial charge in [0.15, 0.2) is 11.6 Å². The number of hydrogen-bond acceptors (Lipinski definition) is 1. The van der Waals surface area contributed by atoms with Gasteiger partial charge >= 0.3 is 0 Å². The summed E-state index contributed by atoms with van der Waals surface area (Å²) in [5.41, 5.74) is 5.68. The van der Waals surface area contributed by atoms with Crippen molar-refractivity contribution in [2.45, 2.75) is 45.4 Å². The molecule has 1 nitrogen and oxygen atoms in total. The van der Waals surface area contributed by atoms with Gasteiger partial charge in [-0.05, 0) is 59.6 Å². The van der Waals surface area contributed by atoms with Crippen molar-refractivity contribution < 1.29 is 9.13 Å². The van der Waals surface area contributed by atoms with E-state index in [2.05, 4.69) is 37.3 Å². The average molecular weight is 324 g/mol. The number of hydrogen-bond donors (Lipinski definition) is 0. The van der Waals surface area contributed by atoms with Crippen LogP contribution in [-0.2, 0) is 12.8 Å². The molecule has 0 N–H and O–H groups in total. The first kappa shape index (κ1) is 16.8. The van der Waals surface area contributed by atoms with Crippen LogP contribution in [0.5, 0.6) is 5.75 Å². The number of unbranched alkanes of at least 4 members (excludes halogenated alkanes) is 2. The molecule has 0 atom stereocenters. The van der Waals surface area contributed by atoms with Crippen LogP contribution in [0.3, 0.4) is 0 Å². The second kappa shape index (κ2) is 7.65. The third kappa shape index (κ3) is 3.53. The first-order valence-corrected chi connectivity index (χ1v) is 8.88. The molecule has 0 amide bonds. The highest BCUT2D eigenvalue weighted by Gasteiger charge is 2.18. The van der Waals surface area contributed by atoms with Crippen LogP contribution < -0.4 is 4.74 Å². The molecule has 0 radical (unpaired) electrons. The zero-order valence-corrected chi connectivity index (χ0v) is 14.6. The summed E-state index contributed by atoms with van der Waals surface area (Å²) in [6.07, 6.45) is 8.67. The topological polar surface area (TPSA) is 9.23 Å². The Morgan fingerprint density at radius 1 is 1.00 bits per heavy atom. The van der Waals surface area contributed by atoms with Gasteiger partial charge in [0.1, 0.15) is 0 Å². The molecule has 0 bridgehead atoms. The molecule has 0 fully saturated rings. The van der Waals surface area contributed by atoms with Crippen LogP contribution in [-0.4, -0.2) is 7.11 Å². The minimum absolute atomic E-state index is 0.212. The number of fused-ring (bicyclic) bond motifs is 1. The summed E-state index contributed by atoms with van der Waals surface area (Å²) in [6, 6.07) is 12.5. The number of allylic oxidation sites excluding steroid dienone is 1. The quantitative estimate of drug-likeness (QED) is 0.587. The van der Waals surface area contributed by atoms with Crippen LogP contribution >= 0.6 is 0 Å². The predicted octanol–water partition coefficient (Wildman–Crippen LogP) is 6.05. The molecule has 1 aliphatic carbocycles. The van der Waals surface area contributed by atoms with Crippen molar-refractivity contribution in [3.05, 3.63) is 64.5 Å². The fourth-order valence-corrected chi connectivity index (χ4v) is 3.37. The lowest BCUT2D eigenvalue weighted by molar-refractivity contribution is 0.384. The number of benzene rings is 2. The minimum Gasteiger partial charge on any atom is -0.494 e. The number of halogens is 1. The third-order valence-electron chi connectivity index (χ3n) is 4.83. The number of aryl methyl sites for hydroxylation is 1. The SMILES string of the molecule is CCCCCc1ccc(C2=Cc3ccc(OC)c(F)c3CC2)cc1. The summed E-state index contributed by atoms with van der Waals surface area (Å²) in [5, 5.41) is 0. The van der Waals surface area contributed by atoms with E-state index in [9.17, 15) is 4.39 Å². The van der Waals surface area contributed by atoms with Gasteiger partial charge < -0.3 is 4.74 Å². The van der Waals surface area contributed by atoms with Gasteiger partial charge in [-0.1, -0.05) is 56.2 Å². The third-order valence-corrected chi connectivity index (χ3v) is 4.83. The Morgan fingerprint density at radius 2 is 1.79 bits per heavy atom. The van der Waals surface area contributed by atoms with Crippen molar-refractivity contribution >= 4 is 11.6 Å². The Hall–Kier alpha value is -2.09. The molecule has 0 unspecified atom stereocenters. The van der Waals surface area contributed by atoms with Gasteiger partial charge in [0.05, 0.1) is 7.11 Å². The van der Waals surface area contributed by atoms with Crippen LogP contribution in [0.4, 0.5) is 4.39 Å². The number of ether oxygens (including phenoxy) is 1. The van der Waals surface area contributed by atoms with E-state index in [-0.39, 0.29) is 5.82 Å². The van der Waals surface area contributed by atoms with Gasteiger partial charge in [-0.2, -0.15) is 0 Å². The molecule has 0 heterocycles. The van der Waals surface area contributed by atoms with E-state index in [0.717, 1.165) is 30.4 Å². The fourth-order valence-electron chi connectivity index (χ4n) is 3.37. The van der Waals surface area contributed by atoms with Gasteiger partial charge in [0, 0.05) is 0 Å². The van der Waals surface area contributed by atoms with E-state index in [4.69, 9.17) is 4.74 Å². The first-order chi connectivity index (χ1) is 11.7. The molecule has 3 rings (SSSR count). The van der Waals surface area contributed by atoms with Crippen LogP contribution in [0, 0.1) is 5.82 Å². The molecule has 2 aromatic rings. The van der Waals surface area contributed by atoms with E-state index in [1.165, 1.54) is 43.1 Å². The Kier molecular flexibility index (Phi) is 5.34. The second-order valence-electron chi connectivity index (χ2n) is 6.47. The van der Waals surface area contributed by atoms with Gasteiger partial charge in [-0.3, -0.25) is 0 Å². The Balaban J connectivity index is 1.79. The van der Waals surface area contributed by atoms with Gasteiger partial charge in [0.25, 0.3) is 0 Å². The average Bonchev–Trinajstić information content (AvgIpc) is 2.63. The van der Waals surface area contributed by atoms with Gasteiger partial charge in [-0.25, -0.2) is 4.39 Å². The first-order valence-electron chi connectivity index (χ1n) is 8.88. The lowest BCUT2D eigenvalue weighted by Crippen LogP contribution is -2.04. The van der Waals surface area contributed by atoms with Crippen molar-refractivity contribution in [3.63, 3.8) is 0 Å². The normalized spacial score (nSPS) is 13.4. The van der Waals surface area contributed by atoms with Crippen LogP contribution in [0.1, 0.15) is 54.9 Å². The summed E-state index contributed by atoms with van der Waals surface area (Å²) in [6.45, 7) is 2.23. The highest BCUT2D eigenvalue weighted by Crippen LogP contribution is 2.34. The molecule has 0 aliphatic heterocycles. The van der Waals surface area contributed by atoms with E-state index in [1.807, 2.05) is 6.07 Å². The fraction of sp³-hybridized carbons (Fsp3) is 0.364. The lowest BCUT2D eigenvalue weighted by Gasteiger charge is -2.19. The van der Waals surface area contributed by atoms with E-state index < -0.39 is 0 Å². The van der Waals surface area contributed by atoms with Crippen molar-refractivity contribution in [1.82, 2.24) is 0 Å². The van der Waals surface area contributed by atoms with Crippen molar-refractivity contribution in [2.24, 2.45) is 0 Å². The standard InChI is InChI=1S/C22H25FO/c1-3-4-5-6-16-7-9-17(10-8-16)18-11-13-20-19(15-18)12-14-21(24-2)22(20)23/h7-10,12,14-15H,3-6,11,13H2,1-2H3. The van der Waals surface area contributed by atoms with Crippen LogP contribution in [0.25, 0.3) is 11.6 Å². The maximum atomic E-state index is 14.3. The highest BCUT2D eigenvalue weighted by molar-refractivity contribution is 5.84. The molecule has 1 aliphatic rings. The number of methoxy groups -OCH3 is 1. The predicted molar refractivity (Wildman–Crippen MR) is 98.8 cm³/mol. The summed E-state index contributed by atoms with van der Waals surface area (Å²) < 4.78 is 19.4. The molecular formula is C22H25FO. The summed E-state index contributed by atoms with van der Waals surface area (Å²) in [7, 11) is 1.51. The van der Waals surface area contributed by atoms with Gasteiger partial charge in [0.2, 0.25) is 0 Å². The minimum atomic E-state index is -0.212. The monoisotopic (exact) mass is 324 g/mol. The molecule has 0 spiro atoms. The number of rotatable bonds is 6. The smallest absolute Gasteiger partial charge is 0.168 e. The maximum Gasteiger partial charge on any atom is 0.168 e. The highest BCUT2D eigenvalue weighted by atomic mass is 19.1. The van der Waals surface area contributed by atoms with Crippen molar-refractivity contribution in [3.8, 4) is 5.75 Å². The molecule has 0 aromatic heterocycles. The molecule has 2 heteroatoms. The summed E-state index contributed by atoms with van der Waals surface area (Å²) in [4.78, 5) is 0. The second-order valence-corrected chi connectivity index (χ2v) is 6.47. The lowest BCUT2D eigenvalue weighted by atomic mass is 9.88. The molecular weight excluding hydrogens is 299 g/mol. The van der Waals surface area contributed by atoms with E-state index in [0.29, 0.717) is 5.75 Å². The summed E-state index contributed by atoms with van der Waals surface area (Å²) in [5.74, 6) is 0.124. The molecule has 126 valence electrons. The van der Waals surface area contributed by atoms with Crippen LogP contribution in [0.2, 0.25) is 0 Å². The zero-order valence-electron chi connectivity index (χ0n) is 14.6. The molecule has 0 saturated heterocycles. The Bertz CT molecular complexity index is 728. The molecule has 2 aromatic carbocycles. The van der Waals surface area contributed by atoms with E-state index in [1.54, 1.807) is 6.07 Å². The summed E-state index contributed by atoms with van der Waals surface area (Å²) >= 11 is 0. The Labute approximate surface area is 144 Å². The molecule has 24 heavy (non-hydrogen) atoms. The van der Waals surface area contributed by atoms with Crippen molar-refractivity contribution in [1.29, 1.82) is 0 Å². The molecule has 0 saturated carbocycles. The zero-order chi connectivity index (χ0) is 16.9. The van der Waals surface area contributed by atoms with Gasteiger partial charge in [-0.15, -0.1) is 0 Å². The van der Waals surface area contributed by atoms with E-state index >= 15 is 0 Å². The largest absolute Gasteiger partial charge is 0.494 e. The Morgan fingerprint density at radius 3 is 2.50 bits per heavy atom.